The van der Waals surface area contributed by atoms with Gasteiger partial charge in [-0.25, -0.2) is 4.79 Å². The van der Waals surface area contributed by atoms with E-state index in [2.05, 4.69) is 22.2 Å². The Hall–Kier alpha value is -2.15. The topological polar surface area (TPSA) is 68.8 Å². The Morgan fingerprint density at radius 2 is 1.82 bits per heavy atom. The molecular formula is C21H31N5O2. The first kappa shape index (κ1) is 19.2. The van der Waals surface area contributed by atoms with Crippen LogP contribution in [-0.2, 0) is 4.79 Å². The molecule has 1 spiro atoms. The van der Waals surface area contributed by atoms with Gasteiger partial charge in [0.2, 0.25) is 5.91 Å². The summed E-state index contributed by atoms with van der Waals surface area (Å²) in [7, 11) is 5.89. The van der Waals surface area contributed by atoms with Gasteiger partial charge in [-0.2, -0.15) is 0 Å². The average molecular weight is 386 g/mol. The highest BCUT2D eigenvalue weighted by molar-refractivity contribution is 5.89. The summed E-state index contributed by atoms with van der Waals surface area (Å²) < 4.78 is 0. The quantitative estimate of drug-likeness (QED) is 0.847. The van der Waals surface area contributed by atoms with E-state index in [0.717, 1.165) is 57.5 Å². The Morgan fingerprint density at radius 1 is 1.14 bits per heavy atom. The van der Waals surface area contributed by atoms with E-state index >= 15 is 0 Å². The molecule has 0 bridgehead atoms. The van der Waals surface area contributed by atoms with E-state index in [9.17, 15) is 9.59 Å². The van der Waals surface area contributed by atoms with Crippen molar-refractivity contribution in [2.24, 2.45) is 16.7 Å². The van der Waals surface area contributed by atoms with Crippen molar-refractivity contribution in [3.63, 3.8) is 0 Å². The molecule has 1 N–H and O–H groups in total. The van der Waals surface area contributed by atoms with Gasteiger partial charge in [0, 0.05) is 58.4 Å². The third-order valence-corrected chi connectivity index (χ3v) is 7.33. The van der Waals surface area contributed by atoms with E-state index in [0.29, 0.717) is 5.92 Å². The van der Waals surface area contributed by atoms with Crippen molar-refractivity contribution >= 4 is 17.6 Å². The summed E-state index contributed by atoms with van der Waals surface area (Å²) in [5, 5.41) is 2.96. The third kappa shape index (κ3) is 3.05. The van der Waals surface area contributed by atoms with Gasteiger partial charge in [0.15, 0.2) is 0 Å². The van der Waals surface area contributed by atoms with Crippen LogP contribution in [0.5, 0.6) is 0 Å². The summed E-state index contributed by atoms with van der Waals surface area (Å²) in [6, 6.07) is 3.56. The Balaban J connectivity index is 1.45. The number of rotatable bonds is 2. The van der Waals surface area contributed by atoms with Gasteiger partial charge >= 0.3 is 6.03 Å². The highest BCUT2D eigenvalue weighted by Crippen LogP contribution is 2.62. The number of nitrogens with one attached hydrogen (secondary N) is 1. The number of pyridine rings is 1. The van der Waals surface area contributed by atoms with Gasteiger partial charge in [-0.3, -0.25) is 9.78 Å². The SMILES string of the molecule is CN1C[C@H]2C3(CCN(C(=O)Nc4ccncc4)CC3)CC[C@@]2(C(=O)N(C)C)C1. The maximum Gasteiger partial charge on any atom is 0.321 e. The Kier molecular flexibility index (Phi) is 4.81. The molecule has 28 heavy (non-hydrogen) atoms. The van der Waals surface area contributed by atoms with Gasteiger partial charge < -0.3 is 20.0 Å². The minimum absolute atomic E-state index is 0.0433. The second-order valence-electron chi connectivity index (χ2n) is 9.12. The molecule has 0 unspecified atom stereocenters. The van der Waals surface area contributed by atoms with Crippen LogP contribution in [-0.4, -0.2) is 78.9 Å². The van der Waals surface area contributed by atoms with Crippen LogP contribution < -0.4 is 5.32 Å². The molecule has 3 heterocycles. The Morgan fingerprint density at radius 3 is 2.46 bits per heavy atom. The normalized spacial score (nSPS) is 29.0. The highest BCUT2D eigenvalue weighted by atomic mass is 16.2. The molecule has 2 saturated heterocycles. The monoisotopic (exact) mass is 385 g/mol. The number of nitrogens with zero attached hydrogens (tertiary/aromatic N) is 4. The lowest BCUT2D eigenvalue weighted by molar-refractivity contribution is -0.141. The van der Waals surface area contributed by atoms with Crippen molar-refractivity contribution in [2.45, 2.75) is 25.7 Å². The van der Waals surface area contributed by atoms with Gasteiger partial charge in [0.1, 0.15) is 0 Å². The lowest BCUT2D eigenvalue weighted by atomic mass is 9.65. The zero-order chi connectivity index (χ0) is 19.9. The van der Waals surface area contributed by atoms with Crippen LogP contribution in [0.2, 0.25) is 0 Å². The smallest absolute Gasteiger partial charge is 0.321 e. The molecular weight excluding hydrogens is 354 g/mol. The number of carbonyl (C=O) groups is 2. The predicted octanol–water partition coefficient (Wildman–Crippen LogP) is 2.13. The van der Waals surface area contributed by atoms with Crippen molar-refractivity contribution in [1.29, 1.82) is 0 Å². The molecule has 0 radical (unpaired) electrons. The first-order chi connectivity index (χ1) is 13.4. The number of anilines is 1. The van der Waals surface area contributed by atoms with Crippen LogP contribution in [0, 0.1) is 16.7 Å². The molecule has 1 saturated carbocycles. The fraction of sp³-hybridized carbons (Fsp3) is 0.667. The van der Waals surface area contributed by atoms with E-state index in [4.69, 9.17) is 0 Å². The van der Waals surface area contributed by atoms with Crippen LogP contribution in [0.15, 0.2) is 24.5 Å². The number of urea groups is 1. The van der Waals surface area contributed by atoms with Gasteiger partial charge in [-0.05, 0) is 56.2 Å². The van der Waals surface area contributed by atoms with E-state index in [-0.39, 0.29) is 22.8 Å². The molecule has 1 aromatic rings. The van der Waals surface area contributed by atoms with Gasteiger partial charge in [0.05, 0.1) is 5.41 Å². The van der Waals surface area contributed by atoms with Crippen LogP contribution in [0.1, 0.15) is 25.7 Å². The summed E-state index contributed by atoms with van der Waals surface area (Å²) in [5.41, 5.74) is 0.720. The maximum absolute atomic E-state index is 13.1. The van der Waals surface area contributed by atoms with Crippen molar-refractivity contribution in [2.75, 3.05) is 52.6 Å². The zero-order valence-corrected chi connectivity index (χ0v) is 17.1. The number of aromatic nitrogens is 1. The molecule has 7 heteroatoms. The molecule has 2 aliphatic heterocycles. The minimum Gasteiger partial charge on any atom is -0.348 e. The van der Waals surface area contributed by atoms with Gasteiger partial charge in [-0.15, -0.1) is 0 Å². The van der Waals surface area contributed by atoms with E-state index in [1.807, 2.05) is 19.0 Å². The fourth-order valence-electron chi connectivity index (χ4n) is 5.98. The summed E-state index contributed by atoms with van der Waals surface area (Å²) in [5.74, 6) is 0.682. The summed E-state index contributed by atoms with van der Waals surface area (Å²) >= 11 is 0. The first-order valence-corrected chi connectivity index (χ1v) is 10.2. The Bertz CT molecular complexity index is 744. The van der Waals surface area contributed by atoms with Crippen molar-refractivity contribution < 1.29 is 9.59 Å². The molecule has 152 valence electrons. The van der Waals surface area contributed by atoms with Crippen LogP contribution in [0.4, 0.5) is 10.5 Å². The molecule has 1 aromatic heterocycles. The molecule has 0 aromatic carbocycles. The number of fused-ring (bicyclic) bond motifs is 2. The van der Waals surface area contributed by atoms with E-state index in [1.165, 1.54) is 0 Å². The summed E-state index contributed by atoms with van der Waals surface area (Å²) in [4.78, 5) is 35.8. The molecule has 3 aliphatic rings. The Labute approximate surface area is 167 Å². The first-order valence-electron chi connectivity index (χ1n) is 10.2. The molecule has 3 fully saturated rings. The lowest BCUT2D eigenvalue weighted by Gasteiger charge is -2.44. The standard InChI is InChI=1S/C21H31N5O2/c1-24(2)18(27)21-7-6-20(17(21)14-25(3)15-21)8-12-26(13-9-20)19(28)23-16-4-10-22-11-5-16/h4-5,10-11,17H,6-9,12-15H2,1-3H3,(H,22,23,28)/t17-,21+/m0/s1. The van der Waals surface area contributed by atoms with Crippen molar-refractivity contribution in [3.8, 4) is 0 Å². The summed E-state index contributed by atoms with van der Waals surface area (Å²) in [6.45, 7) is 3.36. The average Bonchev–Trinajstić information content (AvgIpc) is 3.17. The summed E-state index contributed by atoms with van der Waals surface area (Å²) in [6.07, 6.45) is 7.40. The molecule has 7 nitrogen and oxygen atoms in total. The molecule has 3 amide bonds. The van der Waals surface area contributed by atoms with Crippen LogP contribution in [0.25, 0.3) is 0 Å². The second-order valence-corrected chi connectivity index (χ2v) is 9.12. The number of hydrogen-bond donors (Lipinski definition) is 1. The molecule has 4 rings (SSSR count). The predicted molar refractivity (Wildman–Crippen MR) is 108 cm³/mol. The van der Waals surface area contributed by atoms with E-state index < -0.39 is 0 Å². The molecule has 2 atom stereocenters. The van der Waals surface area contributed by atoms with Crippen molar-refractivity contribution in [3.05, 3.63) is 24.5 Å². The lowest BCUT2D eigenvalue weighted by Crippen LogP contribution is -2.50. The number of carbonyl (C=O) groups excluding carboxylic acids is 2. The van der Waals surface area contributed by atoms with Crippen molar-refractivity contribution in [1.82, 2.24) is 19.7 Å². The minimum atomic E-state index is -0.236. The fourth-order valence-corrected chi connectivity index (χ4v) is 5.98. The van der Waals surface area contributed by atoms with Crippen LogP contribution >= 0.6 is 0 Å². The zero-order valence-electron chi connectivity index (χ0n) is 17.1. The number of hydrogen-bond acceptors (Lipinski definition) is 4. The number of likely N-dealkylation sites (tertiary alicyclic amines) is 2. The van der Waals surface area contributed by atoms with Gasteiger partial charge in [-0.1, -0.05) is 0 Å². The molecule has 1 aliphatic carbocycles. The number of piperidine rings is 1. The van der Waals surface area contributed by atoms with E-state index in [1.54, 1.807) is 29.4 Å². The second kappa shape index (κ2) is 7.03. The van der Waals surface area contributed by atoms with Crippen LogP contribution in [0.3, 0.4) is 0 Å². The van der Waals surface area contributed by atoms with Gasteiger partial charge in [0.25, 0.3) is 0 Å². The largest absolute Gasteiger partial charge is 0.348 e. The highest BCUT2D eigenvalue weighted by Gasteiger charge is 2.64. The number of amides is 3. The maximum atomic E-state index is 13.1. The third-order valence-electron chi connectivity index (χ3n) is 7.33.